The molecule has 1 saturated heterocycles. The van der Waals surface area contributed by atoms with Crippen molar-refractivity contribution in [3.8, 4) is 0 Å². The molecule has 1 aromatic heterocycles. The second kappa shape index (κ2) is 4.85. The summed E-state index contributed by atoms with van der Waals surface area (Å²) < 4.78 is 12.1. The zero-order valence-corrected chi connectivity index (χ0v) is 13.8. The Bertz CT molecular complexity index is 475. The predicted molar refractivity (Wildman–Crippen MR) is 83.1 cm³/mol. The van der Waals surface area contributed by atoms with Gasteiger partial charge in [0.1, 0.15) is 0 Å². The molecule has 110 valence electrons. The van der Waals surface area contributed by atoms with Gasteiger partial charge in [0.25, 0.3) is 0 Å². The summed E-state index contributed by atoms with van der Waals surface area (Å²) in [6.07, 6.45) is 0.945. The van der Waals surface area contributed by atoms with Crippen LogP contribution in [0.3, 0.4) is 0 Å². The number of hydrogen-bond acceptors (Lipinski definition) is 3. The van der Waals surface area contributed by atoms with E-state index in [1.165, 1.54) is 0 Å². The van der Waals surface area contributed by atoms with E-state index in [0.29, 0.717) is 0 Å². The zero-order valence-electron chi connectivity index (χ0n) is 13.8. The van der Waals surface area contributed by atoms with Crippen LogP contribution in [-0.4, -0.2) is 23.3 Å². The first kappa shape index (κ1) is 15.5. The average molecular weight is 275 g/mol. The van der Waals surface area contributed by atoms with Crippen molar-refractivity contribution in [2.24, 2.45) is 5.41 Å². The van der Waals surface area contributed by atoms with Crippen molar-refractivity contribution in [2.75, 3.05) is 0 Å². The molecule has 0 unspecified atom stereocenters. The van der Waals surface area contributed by atoms with Crippen molar-refractivity contribution in [1.82, 2.24) is 4.98 Å². The molecule has 1 fully saturated rings. The van der Waals surface area contributed by atoms with Crippen LogP contribution in [0.1, 0.15) is 54.2 Å². The summed E-state index contributed by atoms with van der Waals surface area (Å²) in [5, 5.41) is 0. The van der Waals surface area contributed by atoms with Crippen molar-refractivity contribution < 1.29 is 9.31 Å². The monoisotopic (exact) mass is 275 g/mol. The van der Waals surface area contributed by atoms with Crippen molar-refractivity contribution in [3.05, 3.63) is 23.9 Å². The second-order valence-electron chi connectivity index (χ2n) is 7.88. The number of pyridine rings is 1. The molecule has 0 bridgehead atoms. The summed E-state index contributed by atoms with van der Waals surface area (Å²) in [4.78, 5) is 4.72. The Hall–Kier alpha value is -0.865. The lowest BCUT2D eigenvalue weighted by Crippen LogP contribution is -2.41. The fraction of sp³-hybridized carbons (Fsp3) is 0.688. The lowest BCUT2D eigenvalue weighted by molar-refractivity contribution is 0.00578. The number of aromatic nitrogens is 1. The SMILES string of the molecule is CC(C)(C)Cc1cccc(B2OC(C)(C)C(C)(C)O2)n1. The first-order valence-electron chi connectivity index (χ1n) is 7.32. The van der Waals surface area contributed by atoms with Gasteiger partial charge in [-0.3, -0.25) is 4.98 Å². The van der Waals surface area contributed by atoms with Crippen LogP contribution in [0.5, 0.6) is 0 Å². The summed E-state index contributed by atoms with van der Waals surface area (Å²) >= 11 is 0. The molecule has 2 heterocycles. The third-order valence-corrected chi connectivity index (χ3v) is 4.03. The zero-order chi connectivity index (χ0) is 15.2. The molecule has 0 spiro atoms. The van der Waals surface area contributed by atoms with E-state index < -0.39 is 0 Å². The molecule has 2 rings (SSSR count). The van der Waals surface area contributed by atoms with Crippen LogP contribution in [0, 0.1) is 5.41 Å². The minimum Gasteiger partial charge on any atom is -0.398 e. The average Bonchev–Trinajstić information content (AvgIpc) is 2.46. The van der Waals surface area contributed by atoms with E-state index in [1.807, 2.05) is 12.1 Å². The highest BCUT2D eigenvalue weighted by Gasteiger charge is 2.52. The van der Waals surface area contributed by atoms with Crippen molar-refractivity contribution in [1.29, 1.82) is 0 Å². The van der Waals surface area contributed by atoms with Crippen LogP contribution < -0.4 is 5.59 Å². The smallest absolute Gasteiger partial charge is 0.398 e. The molecule has 0 saturated carbocycles. The van der Waals surface area contributed by atoms with Gasteiger partial charge in [0.2, 0.25) is 0 Å². The molecule has 0 aromatic carbocycles. The van der Waals surface area contributed by atoms with E-state index in [9.17, 15) is 0 Å². The highest BCUT2D eigenvalue weighted by molar-refractivity contribution is 6.61. The Morgan fingerprint density at radius 1 is 1.05 bits per heavy atom. The summed E-state index contributed by atoms with van der Waals surface area (Å²) in [5.41, 5.74) is 1.54. The first-order chi connectivity index (χ1) is 9.00. The Morgan fingerprint density at radius 2 is 1.60 bits per heavy atom. The van der Waals surface area contributed by atoms with E-state index in [0.717, 1.165) is 17.7 Å². The Morgan fingerprint density at radius 3 is 2.10 bits per heavy atom. The van der Waals surface area contributed by atoms with Gasteiger partial charge >= 0.3 is 7.12 Å². The molecule has 20 heavy (non-hydrogen) atoms. The van der Waals surface area contributed by atoms with Crippen LogP contribution >= 0.6 is 0 Å². The highest BCUT2D eigenvalue weighted by atomic mass is 16.7. The van der Waals surface area contributed by atoms with Gasteiger partial charge in [0, 0.05) is 5.69 Å². The summed E-state index contributed by atoms with van der Waals surface area (Å²) in [5.74, 6) is 0. The number of nitrogens with zero attached hydrogens (tertiary/aromatic N) is 1. The van der Waals surface area contributed by atoms with Crippen LogP contribution in [0.2, 0.25) is 0 Å². The molecule has 0 amide bonds. The fourth-order valence-electron chi connectivity index (χ4n) is 2.24. The standard InChI is InChI=1S/C16H26BNO2/c1-14(2,3)11-12-9-8-10-13(18-12)17-19-15(4,5)16(6,7)20-17/h8-10H,11H2,1-7H3. The van der Waals surface area contributed by atoms with E-state index >= 15 is 0 Å². The molecule has 1 aromatic rings. The van der Waals surface area contributed by atoms with Crippen molar-refractivity contribution in [2.45, 2.75) is 66.1 Å². The lowest BCUT2D eigenvalue weighted by atomic mass is 9.83. The maximum atomic E-state index is 6.05. The van der Waals surface area contributed by atoms with Gasteiger partial charge in [-0.05, 0) is 51.7 Å². The Balaban J connectivity index is 2.21. The van der Waals surface area contributed by atoms with Crippen molar-refractivity contribution in [3.63, 3.8) is 0 Å². The van der Waals surface area contributed by atoms with Gasteiger partial charge in [-0.1, -0.05) is 26.8 Å². The lowest BCUT2D eigenvalue weighted by Gasteiger charge is -2.32. The van der Waals surface area contributed by atoms with E-state index in [1.54, 1.807) is 0 Å². The molecule has 0 atom stereocenters. The fourth-order valence-corrected chi connectivity index (χ4v) is 2.24. The second-order valence-corrected chi connectivity index (χ2v) is 7.88. The molecular formula is C16H26BNO2. The van der Waals surface area contributed by atoms with E-state index in [2.05, 4.69) is 54.5 Å². The Kier molecular flexibility index (Phi) is 3.76. The van der Waals surface area contributed by atoms with Gasteiger partial charge in [-0.2, -0.15) is 0 Å². The predicted octanol–water partition coefficient (Wildman–Crippen LogP) is 2.97. The van der Waals surface area contributed by atoms with Crippen LogP contribution in [-0.2, 0) is 15.7 Å². The summed E-state index contributed by atoms with van der Waals surface area (Å²) in [6, 6.07) is 6.09. The first-order valence-corrected chi connectivity index (χ1v) is 7.32. The van der Waals surface area contributed by atoms with Gasteiger partial charge in [-0.25, -0.2) is 0 Å². The molecule has 1 aliphatic heterocycles. The largest absolute Gasteiger partial charge is 0.514 e. The van der Waals surface area contributed by atoms with Gasteiger partial charge in [-0.15, -0.1) is 0 Å². The number of hydrogen-bond donors (Lipinski definition) is 0. The maximum absolute atomic E-state index is 6.05. The van der Waals surface area contributed by atoms with Gasteiger partial charge in [0.05, 0.1) is 16.8 Å². The molecule has 0 radical (unpaired) electrons. The maximum Gasteiger partial charge on any atom is 0.514 e. The van der Waals surface area contributed by atoms with E-state index in [4.69, 9.17) is 14.3 Å². The molecule has 0 aliphatic carbocycles. The molecule has 0 N–H and O–H groups in total. The number of rotatable bonds is 2. The third-order valence-electron chi connectivity index (χ3n) is 4.03. The van der Waals surface area contributed by atoms with Crippen LogP contribution in [0.4, 0.5) is 0 Å². The van der Waals surface area contributed by atoms with Crippen molar-refractivity contribution >= 4 is 12.7 Å². The molecule has 4 heteroatoms. The molecular weight excluding hydrogens is 249 g/mol. The molecule has 1 aliphatic rings. The topological polar surface area (TPSA) is 31.4 Å². The minimum absolute atomic E-state index is 0.224. The highest BCUT2D eigenvalue weighted by Crippen LogP contribution is 2.36. The summed E-state index contributed by atoms with van der Waals surface area (Å²) in [7, 11) is -0.375. The minimum atomic E-state index is -0.375. The summed E-state index contributed by atoms with van der Waals surface area (Å²) in [6.45, 7) is 14.9. The quantitative estimate of drug-likeness (QED) is 0.778. The third kappa shape index (κ3) is 3.23. The van der Waals surface area contributed by atoms with E-state index in [-0.39, 0.29) is 23.7 Å². The van der Waals surface area contributed by atoms with Gasteiger partial charge in [0.15, 0.2) is 0 Å². The Labute approximate surface area is 123 Å². The molecule has 3 nitrogen and oxygen atoms in total. The van der Waals surface area contributed by atoms with Crippen LogP contribution in [0.15, 0.2) is 18.2 Å². The van der Waals surface area contributed by atoms with Crippen LogP contribution in [0.25, 0.3) is 0 Å². The normalized spacial score (nSPS) is 21.2. The van der Waals surface area contributed by atoms with Gasteiger partial charge < -0.3 is 9.31 Å².